The molecule has 25 heavy (non-hydrogen) atoms. The van der Waals surface area contributed by atoms with E-state index in [1.165, 1.54) is 0 Å². The van der Waals surface area contributed by atoms with Crippen molar-refractivity contribution in [3.63, 3.8) is 0 Å². The van der Waals surface area contributed by atoms with Crippen LogP contribution in [-0.4, -0.2) is 39.4 Å². The van der Waals surface area contributed by atoms with Crippen LogP contribution < -0.4 is 20.1 Å². The molecular formula is C19H24N2O4. The van der Waals surface area contributed by atoms with Gasteiger partial charge in [0.15, 0.2) is 0 Å². The van der Waals surface area contributed by atoms with E-state index in [2.05, 4.69) is 10.6 Å². The van der Waals surface area contributed by atoms with Crippen molar-refractivity contribution < 1.29 is 19.0 Å². The Kier molecular flexibility index (Phi) is 7.59. The normalized spacial score (nSPS) is 10.2. The molecule has 2 aromatic carbocycles. The number of hydrogen-bond acceptors (Lipinski definition) is 5. The number of anilines is 2. The van der Waals surface area contributed by atoms with Crippen LogP contribution in [0.1, 0.15) is 6.92 Å². The molecule has 0 unspecified atom stereocenters. The molecule has 0 heterocycles. The second kappa shape index (κ2) is 10.2. The lowest BCUT2D eigenvalue weighted by Gasteiger charge is -2.12. The van der Waals surface area contributed by atoms with Crippen LogP contribution in [0.2, 0.25) is 0 Å². The molecule has 0 aliphatic heterocycles. The Labute approximate surface area is 148 Å². The second-order valence-electron chi connectivity index (χ2n) is 5.20. The predicted molar refractivity (Wildman–Crippen MR) is 98.5 cm³/mol. The highest BCUT2D eigenvalue weighted by atomic mass is 16.5. The Morgan fingerprint density at radius 2 is 1.88 bits per heavy atom. The summed E-state index contributed by atoms with van der Waals surface area (Å²) in [5.41, 5.74) is 1.47. The van der Waals surface area contributed by atoms with Crippen molar-refractivity contribution in [3.05, 3.63) is 48.5 Å². The standard InChI is InChI=1S/C19H24N2O4/c1-3-24-18-10-5-4-9-17(18)21-19(22)14-20-15-7-6-8-16(13-15)25-12-11-23-2/h4-10,13,20H,3,11-12,14H2,1-2H3,(H,21,22). The van der Waals surface area contributed by atoms with Crippen molar-refractivity contribution in [1.29, 1.82) is 0 Å². The molecule has 0 bridgehead atoms. The maximum Gasteiger partial charge on any atom is 0.243 e. The number of rotatable bonds is 10. The number of hydrogen-bond donors (Lipinski definition) is 2. The van der Waals surface area contributed by atoms with E-state index in [1.807, 2.05) is 55.5 Å². The molecule has 1 amide bonds. The molecule has 134 valence electrons. The van der Waals surface area contributed by atoms with Gasteiger partial charge in [0.05, 0.1) is 25.4 Å². The molecular weight excluding hydrogens is 320 g/mol. The molecule has 0 radical (unpaired) electrons. The quantitative estimate of drug-likeness (QED) is 0.648. The van der Waals surface area contributed by atoms with Crippen LogP contribution in [0.5, 0.6) is 11.5 Å². The summed E-state index contributed by atoms with van der Waals surface area (Å²) >= 11 is 0. The molecule has 0 saturated carbocycles. The summed E-state index contributed by atoms with van der Waals surface area (Å²) in [6.45, 7) is 3.60. The van der Waals surface area contributed by atoms with Crippen LogP contribution in [0.3, 0.4) is 0 Å². The fourth-order valence-corrected chi connectivity index (χ4v) is 2.17. The summed E-state index contributed by atoms with van der Waals surface area (Å²) in [6.07, 6.45) is 0. The lowest BCUT2D eigenvalue weighted by Crippen LogP contribution is -2.22. The van der Waals surface area contributed by atoms with Crippen LogP contribution in [0.4, 0.5) is 11.4 Å². The van der Waals surface area contributed by atoms with Gasteiger partial charge in [-0.1, -0.05) is 18.2 Å². The van der Waals surface area contributed by atoms with Crippen molar-refractivity contribution in [3.8, 4) is 11.5 Å². The van der Waals surface area contributed by atoms with E-state index < -0.39 is 0 Å². The smallest absolute Gasteiger partial charge is 0.243 e. The van der Waals surface area contributed by atoms with E-state index in [0.717, 1.165) is 11.4 Å². The molecule has 0 aliphatic carbocycles. The van der Waals surface area contributed by atoms with E-state index in [-0.39, 0.29) is 12.5 Å². The lowest BCUT2D eigenvalue weighted by atomic mass is 10.3. The highest BCUT2D eigenvalue weighted by Gasteiger charge is 2.07. The zero-order chi connectivity index (χ0) is 17.9. The lowest BCUT2D eigenvalue weighted by molar-refractivity contribution is -0.114. The van der Waals surface area contributed by atoms with Gasteiger partial charge in [0.1, 0.15) is 18.1 Å². The number of nitrogens with one attached hydrogen (secondary N) is 2. The first-order valence-electron chi connectivity index (χ1n) is 8.20. The average Bonchev–Trinajstić information content (AvgIpc) is 2.62. The van der Waals surface area contributed by atoms with Crippen molar-refractivity contribution >= 4 is 17.3 Å². The predicted octanol–water partition coefficient (Wildman–Crippen LogP) is 3.16. The number of carbonyl (C=O) groups excluding carboxylic acids is 1. The fourth-order valence-electron chi connectivity index (χ4n) is 2.17. The Hall–Kier alpha value is -2.73. The van der Waals surface area contributed by atoms with Crippen LogP contribution in [-0.2, 0) is 9.53 Å². The van der Waals surface area contributed by atoms with Gasteiger partial charge >= 0.3 is 0 Å². The van der Waals surface area contributed by atoms with Crippen molar-refractivity contribution in [2.24, 2.45) is 0 Å². The summed E-state index contributed by atoms with van der Waals surface area (Å²) in [5, 5.41) is 5.93. The van der Waals surface area contributed by atoms with Crippen LogP contribution in [0, 0.1) is 0 Å². The summed E-state index contributed by atoms with van der Waals surface area (Å²) in [5.74, 6) is 1.23. The maximum atomic E-state index is 12.2. The molecule has 0 aliphatic rings. The van der Waals surface area contributed by atoms with E-state index >= 15 is 0 Å². The van der Waals surface area contributed by atoms with E-state index in [1.54, 1.807) is 7.11 Å². The first-order valence-corrected chi connectivity index (χ1v) is 8.20. The van der Waals surface area contributed by atoms with E-state index in [9.17, 15) is 4.79 Å². The van der Waals surface area contributed by atoms with Gasteiger partial charge in [-0.3, -0.25) is 4.79 Å². The molecule has 0 fully saturated rings. The Morgan fingerprint density at radius 3 is 2.68 bits per heavy atom. The van der Waals surface area contributed by atoms with Crippen LogP contribution >= 0.6 is 0 Å². The van der Waals surface area contributed by atoms with Gasteiger partial charge in [-0.25, -0.2) is 0 Å². The van der Waals surface area contributed by atoms with Crippen LogP contribution in [0.25, 0.3) is 0 Å². The topological polar surface area (TPSA) is 68.8 Å². The zero-order valence-corrected chi connectivity index (χ0v) is 14.6. The SMILES string of the molecule is CCOc1ccccc1NC(=O)CNc1cccc(OCCOC)c1. The second-order valence-corrected chi connectivity index (χ2v) is 5.20. The third-order valence-electron chi connectivity index (χ3n) is 3.30. The van der Waals surface area contributed by atoms with Gasteiger partial charge in [-0.2, -0.15) is 0 Å². The van der Waals surface area contributed by atoms with E-state index in [0.29, 0.717) is 31.3 Å². The average molecular weight is 344 g/mol. The zero-order valence-electron chi connectivity index (χ0n) is 14.6. The van der Waals surface area contributed by atoms with Crippen molar-refractivity contribution in [2.45, 2.75) is 6.92 Å². The summed E-state index contributed by atoms with van der Waals surface area (Å²) in [4.78, 5) is 12.2. The van der Waals surface area contributed by atoms with Gasteiger partial charge < -0.3 is 24.8 Å². The molecule has 0 spiro atoms. The summed E-state index contributed by atoms with van der Waals surface area (Å²) in [6, 6.07) is 14.8. The van der Waals surface area contributed by atoms with Crippen molar-refractivity contribution in [1.82, 2.24) is 0 Å². The third kappa shape index (κ3) is 6.35. The molecule has 2 aromatic rings. The summed E-state index contributed by atoms with van der Waals surface area (Å²) < 4.78 is 16.0. The molecule has 0 atom stereocenters. The van der Waals surface area contributed by atoms with Gasteiger partial charge in [-0.05, 0) is 31.2 Å². The van der Waals surface area contributed by atoms with Gasteiger partial charge in [0.25, 0.3) is 0 Å². The molecule has 6 nitrogen and oxygen atoms in total. The van der Waals surface area contributed by atoms with Gasteiger partial charge in [0, 0.05) is 18.9 Å². The fraction of sp³-hybridized carbons (Fsp3) is 0.316. The number of amides is 1. The number of methoxy groups -OCH3 is 1. The Balaban J connectivity index is 1.87. The van der Waals surface area contributed by atoms with E-state index in [4.69, 9.17) is 14.2 Å². The Morgan fingerprint density at radius 1 is 1.04 bits per heavy atom. The van der Waals surface area contributed by atoms with Crippen molar-refractivity contribution in [2.75, 3.05) is 44.1 Å². The number of ether oxygens (including phenoxy) is 3. The minimum Gasteiger partial charge on any atom is -0.492 e. The number of para-hydroxylation sites is 2. The van der Waals surface area contributed by atoms with Gasteiger partial charge in [0.2, 0.25) is 5.91 Å². The highest BCUT2D eigenvalue weighted by molar-refractivity contribution is 5.95. The molecule has 2 N–H and O–H groups in total. The summed E-state index contributed by atoms with van der Waals surface area (Å²) in [7, 11) is 1.63. The Bertz CT molecular complexity index is 676. The first kappa shape index (κ1) is 18.6. The maximum absolute atomic E-state index is 12.2. The van der Waals surface area contributed by atoms with Gasteiger partial charge in [-0.15, -0.1) is 0 Å². The number of benzene rings is 2. The molecule has 0 aromatic heterocycles. The third-order valence-corrected chi connectivity index (χ3v) is 3.30. The number of carbonyl (C=O) groups is 1. The van der Waals surface area contributed by atoms with Crippen LogP contribution in [0.15, 0.2) is 48.5 Å². The molecule has 0 saturated heterocycles. The minimum absolute atomic E-state index is 0.141. The minimum atomic E-state index is -0.155. The first-order chi connectivity index (χ1) is 12.2. The highest BCUT2D eigenvalue weighted by Crippen LogP contribution is 2.23. The largest absolute Gasteiger partial charge is 0.492 e. The monoisotopic (exact) mass is 344 g/mol. The molecule has 6 heteroatoms. The molecule has 2 rings (SSSR count).